The molecule has 0 N–H and O–H groups in total. The third kappa shape index (κ3) is 45.2. The average molecular weight is 897 g/mol. The van der Waals surface area contributed by atoms with Gasteiger partial charge in [-0.25, -0.2) is 23.3 Å². The van der Waals surface area contributed by atoms with Crippen LogP contribution in [0.3, 0.4) is 0 Å². The number of Topliss-reactive ketones (excluding diaryl/α,β-unsaturated/α-hetero) is 2. The SMILES string of the molecule is C.C.CC.CC.CC.CC.CC.CCC.CCC(=O)[C-]=C(C)c1ccc(CC)cc1.CCC(=O)[C-]=C(C)c1ccc(Cc2ccccc2)cc1.[2HH].[2HH].[B].[B].[Y].[Y]. The van der Waals surface area contributed by atoms with Gasteiger partial charge in [0.2, 0.25) is 0 Å². The molecule has 6 heteroatoms. The summed E-state index contributed by atoms with van der Waals surface area (Å²) in [7, 11) is 0. The fraction of sp³-hybridized carbons (Fsp3) is 0.500. The molecule has 0 unspecified atom stereocenters. The number of ketones is 2. The third-order valence-corrected chi connectivity index (χ3v) is 5.73. The second-order valence-electron chi connectivity index (χ2n) is 9.17. The minimum atomic E-state index is 0. The maximum atomic E-state index is 11.4. The topological polar surface area (TPSA) is 34.1 Å². The molecule has 0 atom stereocenters. The summed E-state index contributed by atoms with van der Waals surface area (Å²) < 4.78 is 0. The summed E-state index contributed by atoms with van der Waals surface area (Å²) in [6, 6.07) is 27.0. The van der Waals surface area contributed by atoms with E-state index in [2.05, 4.69) is 93.6 Å². The molecule has 0 spiro atoms. The Balaban J connectivity index is -0.0000000422. The second-order valence-corrected chi connectivity index (χ2v) is 9.17. The zero-order chi connectivity index (χ0) is 38.3. The fourth-order valence-electron chi connectivity index (χ4n) is 3.43. The van der Waals surface area contributed by atoms with Crippen molar-refractivity contribution in [1.29, 1.82) is 0 Å². The first-order valence-corrected chi connectivity index (χ1v) is 18.8. The summed E-state index contributed by atoms with van der Waals surface area (Å²) in [5.74, 6) is 0.114. The predicted octanol–water partition coefficient (Wildman–Crippen LogP) is 15.4. The van der Waals surface area contributed by atoms with Gasteiger partial charge in [-0.1, -0.05) is 199 Å². The van der Waals surface area contributed by atoms with Crippen LogP contribution in [0, 0.1) is 12.2 Å². The van der Waals surface area contributed by atoms with Crippen LogP contribution >= 0.6 is 0 Å². The summed E-state index contributed by atoms with van der Waals surface area (Å²) in [6.07, 6.45) is 10.00. The first-order chi connectivity index (χ1) is 23.3. The molecule has 0 aliphatic carbocycles. The van der Waals surface area contributed by atoms with Gasteiger partial charge in [-0.05, 0) is 36.8 Å². The number of rotatable bonds is 9. The zero-order valence-corrected chi connectivity index (χ0v) is 42.3. The van der Waals surface area contributed by atoms with Crippen molar-refractivity contribution in [3.05, 3.63) is 119 Å². The zero-order valence-electron chi connectivity index (χ0n) is 36.7. The Labute approximate surface area is 397 Å². The van der Waals surface area contributed by atoms with Gasteiger partial charge in [-0.2, -0.15) is 11.1 Å². The van der Waals surface area contributed by atoms with Crippen LogP contribution in [-0.2, 0) is 87.8 Å². The number of hydrogen-bond donors (Lipinski definition) is 0. The van der Waals surface area contributed by atoms with Gasteiger partial charge in [-0.15, -0.1) is 24.3 Å². The van der Waals surface area contributed by atoms with E-state index in [1.165, 1.54) is 23.1 Å². The third-order valence-electron chi connectivity index (χ3n) is 5.73. The van der Waals surface area contributed by atoms with Crippen molar-refractivity contribution >= 4 is 39.5 Å². The van der Waals surface area contributed by atoms with Crippen molar-refractivity contribution < 1.29 is 77.9 Å². The first kappa shape index (κ1) is 81.1. The van der Waals surface area contributed by atoms with Gasteiger partial charge >= 0.3 is 0 Å². The van der Waals surface area contributed by atoms with Gasteiger partial charge in [0.15, 0.2) is 0 Å². The molecule has 3 rings (SSSR count). The van der Waals surface area contributed by atoms with Crippen molar-refractivity contribution in [2.24, 2.45) is 0 Å². The smallest absolute Gasteiger partial charge is 0.0667 e. The van der Waals surface area contributed by atoms with Gasteiger partial charge in [0, 0.05) is 85.1 Å². The van der Waals surface area contributed by atoms with Crippen molar-refractivity contribution in [3.63, 3.8) is 0 Å². The fourth-order valence-corrected chi connectivity index (χ4v) is 3.43. The number of allylic oxidation sites excluding steroid dienone is 4. The number of benzene rings is 3. The van der Waals surface area contributed by atoms with Gasteiger partial charge in [-0.3, -0.25) is 0 Å². The quantitative estimate of drug-likeness (QED) is 0.122. The Kier molecular flexibility index (Phi) is 95.7. The summed E-state index contributed by atoms with van der Waals surface area (Å²) in [6.45, 7) is 33.9. The largest absolute Gasteiger partial charge is 0.317 e. The molecule has 0 bridgehead atoms. The van der Waals surface area contributed by atoms with Gasteiger partial charge in [0.05, 0.1) is 11.6 Å². The van der Waals surface area contributed by atoms with Gasteiger partial charge in [0.1, 0.15) is 0 Å². The Bertz CT molecular complexity index is 1190. The van der Waals surface area contributed by atoms with Crippen LogP contribution in [-0.4, -0.2) is 28.4 Å². The predicted molar refractivity (Wildman–Crippen MR) is 249 cm³/mol. The van der Waals surface area contributed by atoms with Crippen LogP contribution in [0.15, 0.2) is 78.9 Å². The average Bonchev–Trinajstić information content (AvgIpc) is 3.17. The number of carbonyl (C=O) groups is 2. The maximum Gasteiger partial charge on any atom is 0.0667 e. The molecule has 0 heterocycles. The molecule has 8 radical (unpaired) electrons. The van der Waals surface area contributed by atoms with Crippen molar-refractivity contribution in [1.82, 2.24) is 0 Å². The normalized spacial score (nSPS) is 8.31. The van der Waals surface area contributed by atoms with Crippen LogP contribution in [0.25, 0.3) is 11.1 Å². The van der Waals surface area contributed by atoms with Gasteiger partial charge < -0.3 is 9.59 Å². The summed E-state index contributed by atoms with van der Waals surface area (Å²) in [5.41, 5.74) is 7.85. The van der Waals surface area contributed by atoms with E-state index < -0.39 is 0 Å². The van der Waals surface area contributed by atoms with Crippen LogP contribution in [0.4, 0.5) is 0 Å². The summed E-state index contributed by atoms with van der Waals surface area (Å²) in [5, 5.41) is 0. The minimum absolute atomic E-state index is 0. The summed E-state index contributed by atoms with van der Waals surface area (Å²) >= 11 is 0. The van der Waals surface area contributed by atoms with Crippen molar-refractivity contribution in [2.45, 2.75) is 165 Å². The van der Waals surface area contributed by atoms with E-state index in [4.69, 9.17) is 0 Å². The van der Waals surface area contributed by atoms with E-state index in [1.54, 1.807) is 0 Å². The van der Waals surface area contributed by atoms with Crippen LogP contribution < -0.4 is 0 Å². The monoisotopic (exact) mass is 897 g/mol. The molecule has 304 valence electrons. The molecule has 0 fully saturated rings. The second kappa shape index (κ2) is 63.7. The molecule has 3 aromatic rings. The Morgan fingerprint density at radius 1 is 0.481 bits per heavy atom. The molecule has 0 aliphatic rings. The molecule has 0 saturated carbocycles. The molecule has 0 aliphatic heterocycles. The number of hydrogen-bond acceptors (Lipinski definition) is 2. The molecule has 2 nitrogen and oxygen atoms in total. The van der Waals surface area contributed by atoms with Gasteiger partial charge in [0.25, 0.3) is 0 Å². The van der Waals surface area contributed by atoms with Crippen LogP contribution in [0.5, 0.6) is 0 Å². The summed E-state index contributed by atoms with van der Waals surface area (Å²) in [4.78, 5) is 22.6. The van der Waals surface area contributed by atoms with Crippen molar-refractivity contribution in [3.8, 4) is 0 Å². The Hall–Kier alpha value is -1.18. The van der Waals surface area contributed by atoms with E-state index in [-0.39, 0.29) is 112 Å². The molecule has 54 heavy (non-hydrogen) atoms. The molecule has 0 amide bonds. The van der Waals surface area contributed by atoms with E-state index in [9.17, 15) is 9.59 Å². The molecule has 0 saturated heterocycles. The molecule has 0 aromatic heterocycles. The first-order valence-electron chi connectivity index (χ1n) is 18.8. The minimum Gasteiger partial charge on any atom is -0.317 e. The Morgan fingerprint density at radius 2 is 0.741 bits per heavy atom. The number of aryl methyl sites for hydroxylation is 1. The standard InChI is InChI=1S/C19H19O.C14H17O.C3H8.5C2H6.2CH4.2B.2Y.2H2/c1-3-19(20)13-15(2)18-11-9-17(10-12-18)14-16-7-5-4-6-8-16;1-4-12-6-8-13(9-7-12)11(3)10-14(15)5-2;1-3-2;5*1-2;;;;;;;;/h4-12H,3,14H2,1-2H3;6-9H,4-5H2,1-3H3;3H2,1-2H3;5*1-2H3;2*1H4;;;;;2*1H/q2*-1;;;;;;;;;;;;;;/i;;;;;;;;;;;;;;2*1+1. The van der Waals surface area contributed by atoms with Crippen LogP contribution in [0.2, 0.25) is 0 Å². The van der Waals surface area contributed by atoms with E-state index >= 15 is 0 Å². The van der Waals surface area contributed by atoms with Crippen LogP contribution in [0.1, 0.15) is 182 Å². The van der Waals surface area contributed by atoms with E-state index in [0.717, 1.165) is 35.1 Å². The Morgan fingerprint density at radius 3 is 1.00 bits per heavy atom. The molecule has 3 aromatic carbocycles. The van der Waals surface area contributed by atoms with Crippen molar-refractivity contribution in [2.75, 3.05) is 0 Å². The molecular formula is C48H86B2O2Y2-2. The van der Waals surface area contributed by atoms with E-state index in [1.807, 2.05) is 115 Å². The number of carbonyl (C=O) groups excluding carboxylic acids is 2. The molecular weight excluding hydrogens is 808 g/mol. The van der Waals surface area contributed by atoms with E-state index in [0.29, 0.717) is 12.8 Å². The maximum absolute atomic E-state index is 11.4.